The van der Waals surface area contributed by atoms with E-state index < -0.39 is 0 Å². The third-order valence-electron chi connectivity index (χ3n) is 3.74. The van der Waals surface area contributed by atoms with E-state index in [0.29, 0.717) is 0 Å². The summed E-state index contributed by atoms with van der Waals surface area (Å²) in [5.74, 6) is 0.438. The maximum Gasteiger partial charge on any atom is 0.183 e. The second kappa shape index (κ2) is 4.84. The molecular weight excluding hydrogens is 292 g/mol. The lowest BCUT2D eigenvalue weighted by Gasteiger charge is -2.21. The Labute approximate surface area is 114 Å². The van der Waals surface area contributed by atoms with Crippen LogP contribution in [-0.4, -0.2) is 15.2 Å². The monoisotopic (exact) mass is 306 g/mol. The molecule has 3 rings (SSSR count). The molecule has 0 atom stereocenters. The van der Waals surface area contributed by atoms with Crippen molar-refractivity contribution >= 4 is 27.2 Å². The average Bonchev–Trinajstić information content (AvgIpc) is 2.87. The molecule has 0 bridgehead atoms. The van der Waals surface area contributed by atoms with Gasteiger partial charge in [-0.1, -0.05) is 19.3 Å². The topological polar surface area (TPSA) is 34.4 Å². The van der Waals surface area contributed by atoms with E-state index in [4.69, 9.17) is 0 Å². The van der Waals surface area contributed by atoms with Crippen LogP contribution in [0.2, 0.25) is 0 Å². The van der Waals surface area contributed by atoms with E-state index in [1.165, 1.54) is 19.3 Å². The van der Waals surface area contributed by atoms with Crippen LogP contribution >= 0.6 is 15.9 Å². The van der Waals surface area contributed by atoms with Crippen molar-refractivity contribution in [3.8, 4) is 0 Å². The zero-order valence-electron chi connectivity index (χ0n) is 10.1. The molecule has 0 radical (unpaired) electrons. The summed E-state index contributed by atoms with van der Waals surface area (Å²) >= 11 is 3.50. The lowest BCUT2D eigenvalue weighted by Crippen LogP contribution is -2.20. The van der Waals surface area contributed by atoms with Crippen LogP contribution in [0.3, 0.4) is 0 Å². The first kappa shape index (κ1) is 11.9. The molecule has 0 spiro atoms. The van der Waals surface area contributed by atoms with Crippen molar-refractivity contribution < 1.29 is 4.79 Å². The number of hydrogen-bond acceptors (Lipinski definition) is 2. The van der Waals surface area contributed by atoms with Crippen LogP contribution in [-0.2, 0) is 0 Å². The van der Waals surface area contributed by atoms with E-state index in [-0.39, 0.29) is 11.7 Å². The Hall–Kier alpha value is -1.16. The quantitative estimate of drug-likeness (QED) is 0.790. The third-order valence-corrected chi connectivity index (χ3v) is 4.38. The van der Waals surface area contributed by atoms with E-state index in [1.54, 1.807) is 12.5 Å². The van der Waals surface area contributed by atoms with Gasteiger partial charge in [-0.25, -0.2) is 4.98 Å². The first-order valence-electron chi connectivity index (χ1n) is 6.42. The zero-order chi connectivity index (χ0) is 12.5. The second-order valence-electron chi connectivity index (χ2n) is 4.92. The Morgan fingerprint density at radius 2 is 2.06 bits per heavy atom. The van der Waals surface area contributed by atoms with Gasteiger partial charge in [-0.05, 0) is 40.9 Å². The van der Waals surface area contributed by atoms with Crippen molar-refractivity contribution in [3.63, 3.8) is 0 Å². The number of rotatable bonds is 2. The van der Waals surface area contributed by atoms with Crippen LogP contribution in [0.5, 0.6) is 0 Å². The van der Waals surface area contributed by atoms with E-state index in [1.807, 2.05) is 16.5 Å². The fraction of sp³-hybridized carbons (Fsp3) is 0.429. The minimum absolute atomic E-state index is 0.183. The molecule has 94 valence electrons. The predicted molar refractivity (Wildman–Crippen MR) is 73.8 cm³/mol. The molecule has 2 aromatic rings. The summed E-state index contributed by atoms with van der Waals surface area (Å²) in [6.45, 7) is 0. The number of aromatic nitrogens is 2. The van der Waals surface area contributed by atoms with Gasteiger partial charge in [-0.2, -0.15) is 0 Å². The van der Waals surface area contributed by atoms with Gasteiger partial charge in [0.1, 0.15) is 5.69 Å². The van der Waals surface area contributed by atoms with E-state index >= 15 is 0 Å². The summed E-state index contributed by atoms with van der Waals surface area (Å²) in [7, 11) is 0. The first-order chi connectivity index (χ1) is 8.77. The van der Waals surface area contributed by atoms with Crippen molar-refractivity contribution in [3.05, 3.63) is 34.8 Å². The van der Waals surface area contributed by atoms with Crippen molar-refractivity contribution in [2.24, 2.45) is 5.92 Å². The van der Waals surface area contributed by atoms with E-state index in [2.05, 4.69) is 20.9 Å². The molecule has 18 heavy (non-hydrogen) atoms. The summed E-state index contributed by atoms with van der Waals surface area (Å²) in [5.41, 5.74) is 1.72. The van der Waals surface area contributed by atoms with Gasteiger partial charge >= 0.3 is 0 Å². The maximum atomic E-state index is 12.7. The Balaban J connectivity index is 2.04. The van der Waals surface area contributed by atoms with Gasteiger partial charge in [0.2, 0.25) is 0 Å². The number of ketones is 1. The van der Waals surface area contributed by atoms with E-state index in [9.17, 15) is 4.79 Å². The fourth-order valence-electron chi connectivity index (χ4n) is 2.76. The molecule has 4 heteroatoms. The molecule has 1 aliphatic carbocycles. The lowest BCUT2D eigenvalue weighted by molar-refractivity contribution is 0.0882. The number of hydrogen-bond donors (Lipinski definition) is 0. The highest BCUT2D eigenvalue weighted by atomic mass is 79.9. The zero-order valence-corrected chi connectivity index (χ0v) is 11.7. The fourth-order valence-corrected chi connectivity index (χ4v) is 3.28. The Bertz CT molecular complexity index is 584. The molecule has 1 fully saturated rings. The number of Topliss-reactive ketones (excluding diaryl/α,β-unsaturated/α-hetero) is 1. The Morgan fingerprint density at radius 3 is 2.83 bits per heavy atom. The molecule has 0 saturated heterocycles. The highest BCUT2D eigenvalue weighted by Gasteiger charge is 2.25. The number of carbonyl (C=O) groups excluding carboxylic acids is 1. The molecule has 0 N–H and O–H groups in total. The molecule has 1 saturated carbocycles. The number of nitrogens with zero attached hydrogens (tertiary/aromatic N) is 2. The number of imidazole rings is 1. The average molecular weight is 307 g/mol. The Morgan fingerprint density at radius 1 is 1.28 bits per heavy atom. The predicted octanol–water partition coefficient (Wildman–Crippen LogP) is 3.86. The van der Waals surface area contributed by atoms with Gasteiger partial charge in [-0.15, -0.1) is 0 Å². The van der Waals surface area contributed by atoms with Gasteiger partial charge < -0.3 is 0 Å². The normalized spacial score (nSPS) is 17.2. The summed E-state index contributed by atoms with van der Waals surface area (Å²) in [6, 6.07) is 3.90. The molecule has 3 nitrogen and oxygen atoms in total. The van der Waals surface area contributed by atoms with Gasteiger partial charge in [0.05, 0.1) is 18.0 Å². The molecule has 2 heterocycles. The first-order valence-corrected chi connectivity index (χ1v) is 7.21. The van der Waals surface area contributed by atoms with Crippen LogP contribution in [0.15, 0.2) is 29.1 Å². The SMILES string of the molecule is O=C(c1c(Br)ccc2cncn12)C1CCCCC1. The second-order valence-corrected chi connectivity index (χ2v) is 5.77. The smallest absolute Gasteiger partial charge is 0.183 e. The molecule has 0 amide bonds. The largest absolute Gasteiger partial charge is 0.295 e. The molecule has 1 aliphatic rings. The molecular formula is C14H15BrN2O. The van der Waals surface area contributed by atoms with Gasteiger partial charge in [-0.3, -0.25) is 9.20 Å². The minimum atomic E-state index is 0.183. The van der Waals surface area contributed by atoms with Crippen molar-refractivity contribution in [1.29, 1.82) is 0 Å². The highest BCUT2D eigenvalue weighted by Crippen LogP contribution is 2.29. The van der Waals surface area contributed by atoms with E-state index in [0.717, 1.165) is 28.5 Å². The van der Waals surface area contributed by atoms with Crippen molar-refractivity contribution in [1.82, 2.24) is 9.38 Å². The molecule has 0 aliphatic heterocycles. The molecule has 0 unspecified atom stereocenters. The van der Waals surface area contributed by atoms with Gasteiger partial charge in [0, 0.05) is 10.4 Å². The third kappa shape index (κ3) is 1.99. The van der Waals surface area contributed by atoms with Crippen molar-refractivity contribution in [2.75, 3.05) is 0 Å². The Kier molecular flexibility index (Phi) is 3.20. The standard InChI is InChI=1S/C14H15BrN2O/c15-12-7-6-11-8-16-9-17(11)13(12)14(18)10-4-2-1-3-5-10/h6-10H,1-5H2. The summed E-state index contributed by atoms with van der Waals surface area (Å²) in [4.78, 5) is 16.8. The van der Waals surface area contributed by atoms with Gasteiger partial charge in [0.25, 0.3) is 0 Å². The molecule has 0 aromatic carbocycles. The molecule has 2 aromatic heterocycles. The van der Waals surface area contributed by atoms with Crippen LogP contribution in [0.25, 0.3) is 5.52 Å². The number of fused-ring (bicyclic) bond motifs is 1. The summed E-state index contributed by atoms with van der Waals surface area (Å²) in [5, 5.41) is 0. The number of pyridine rings is 1. The summed E-state index contributed by atoms with van der Waals surface area (Å²) < 4.78 is 2.75. The number of carbonyl (C=O) groups is 1. The minimum Gasteiger partial charge on any atom is -0.295 e. The van der Waals surface area contributed by atoms with Crippen molar-refractivity contribution in [2.45, 2.75) is 32.1 Å². The van der Waals surface area contributed by atoms with Gasteiger partial charge in [0.15, 0.2) is 5.78 Å². The number of halogens is 1. The van der Waals surface area contributed by atoms with Crippen LogP contribution in [0.4, 0.5) is 0 Å². The highest BCUT2D eigenvalue weighted by molar-refractivity contribution is 9.10. The van der Waals surface area contributed by atoms with Crippen LogP contribution in [0, 0.1) is 5.92 Å². The maximum absolute atomic E-state index is 12.7. The lowest BCUT2D eigenvalue weighted by atomic mass is 9.85. The van der Waals surface area contributed by atoms with Crippen LogP contribution < -0.4 is 0 Å². The summed E-state index contributed by atoms with van der Waals surface area (Å²) in [6.07, 6.45) is 9.16. The van der Waals surface area contributed by atoms with Crippen LogP contribution in [0.1, 0.15) is 42.6 Å².